The molecular formula is C29H41NO5. The summed E-state index contributed by atoms with van der Waals surface area (Å²) in [5.41, 5.74) is 5.32. The summed E-state index contributed by atoms with van der Waals surface area (Å²) in [6.45, 7) is 11.7. The summed E-state index contributed by atoms with van der Waals surface area (Å²) in [5.74, 6) is 1.85. The minimum absolute atomic E-state index is 0.460. The van der Waals surface area contributed by atoms with Crippen molar-refractivity contribution >= 4 is 5.71 Å². The van der Waals surface area contributed by atoms with Gasteiger partial charge in [-0.2, -0.15) is 0 Å². The molecule has 35 heavy (non-hydrogen) atoms. The molecule has 0 aliphatic rings. The van der Waals surface area contributed by atoms with Crippen molar-refractivity contribution in [3.63, 3.8) is 0 Å². The highest BCUT2D eigenvalue weighted by molar-refractivity contribution is 5.82. The maximum absolute atomic E-state index is 6.05. The largest absolute Gasteiger partial charge is 0.493 e. The second kappa shape index (κ2) is 16.7. The van der Waals surface area contributed by atoms with Crippen molar-refractivity contribution in [3.8, 4) is 11.5 Å². The van der Waals surface area contributed by atoms with Crippen LogP contribution in [0.4, 0.5) is 0 Å². The minimum Gasteiger partial charge on any atom is -0.493 e. The van der Waals surface area contributed by atoms with Crippen LogP contribution in [0.1, 0.15) is 55.4 Å². The molecule has 0 spiro atoms. The first-order valence-electron chi connectivity index (χ1n) is 12.3. The monoisotopic (exact) mass is 483 g/mol. The van der Waals surface area contributed by atoms with Gasteiger partial charge in [0.25, 0.3) is 0 Å². The van der Waals surface area contributed by atoms with E-state index in [1.807, 2.05) is 38.1 Å². The third-order valence-electron chi connectivity index (χ3n) is 5.31. The average molecular weight is 484 g/mol. The van der Waals surface area contributed by atoms with Crippen molar-refractivity contribution in [2.45, 2.75) is 60.2 Å². The second-order valence-electron chi connectivity index (χ2n) is 8.55. The van der Waals surface area contributed by atoms with E-state index < -0.39 is 0 Å². The Morgan fingerprint density at radius 3 is 2.11 bits per heavy atom. The van der Waals surface area contributed by atoms with Gasteiger partial charge in [0.1, 0.15) is 25.2 Å². The summed E-state index contributed by atoms with van der Waals surface area (Å²) in [4.78, 5) is 4.72. The first kappa shape index (κ1) is 28.4. The summed E-state index contributed by atoms with van der Waals surface area (Å²) in [6.07, 6.45) is 7.08. The van der Waals surface area contributed by atoms with Gasteiger partial charge in [-0.25, -0.2) is 0 Å². The lowest BCUT2D eigenvalue weighted by molar-refractivity contribution is 0.115. The SMILES string of the molecule is C/C=C/COc1cc(C)c(OCCCCCOCc2ccc(COCC(C)=NOC)cc2)c(C)c1. The molecule has 0 aliphatic heterocycles. The fourth-order valence-corrected chi connectivity index (χ4v) is 3.54. The number of allylic oxidation sites excluding steroid dienone is 1. The Hall–Kier alpha value is -2.83. The summed E-state index contributed by atoms with van der Waals surface area (Å²) in [5, 5.41) is 3.83. The van der Waals surface area contributed by atoms with Crippen molar-refractivity contribution < 1.29 is 23.8 Å². The van der Waals surface area contributed by atoms with Crippen molar-refractivity contribution in [1.82, 2.24) is 0 Å². The number of ether oxygens (including phenoxy) is 4. The van der Waals surface area contributed by atoms with Crippen LogP contribution in [0, 0.1) is 13.8 Å². The van der Waals surface area contributed by atoms with Gasteiger partial charge < -0.3 is 23.8 Å². The molecule has 0 bridgehead atoms. The standard InChI is InChI=1S/C29H41NO5/c1-6-7-16-34-28-18-23(2)29(24(3)19-28)35-17-10-8-9-15-32-21-26-11-13-27(14-12-26)22-33-20-25(4)30-31-5/h6-7,11-14,18-19H,8-10,15-17,20-22H2,1-5H3/b7-6+,30-25?. The number of oxime groups is 1. The van der Waals surface area contributed by atoms with Gasteiger partial charge in [-0.05, 0) is 81.3 Å². The van der Waals surface area contributed by atoms with Gasteiger partial charge in [-0.1, -0.05) is 41.6 Å². The third kappa shape index (κ3) is 11.4. The Balaban J connectivity index is 1.57. The van der Waals surface area contributed by atoms with Crippen LogP contribution in [0.5, 0.6) is 11.5 Å². The van der Waals surface area contributed by atoms with Crippen LogP contribution >= 0.6 is 0 Å². The molecule has 6 nitrogen and oxygen atoms in total. The molecule has 192 valence electrons. The average Bonchev–Trinajstić information content (AvgIpc) is 2.83. The lowest BCUT2D eigenvalue weighted by atomic mass is 10.1. The number of unbranched alkanes of at least 4 members (excludes halogenated alkanes) is 2. The van der Waals surface area contributed by atoms with Crippen LogP contribution in [-0.2, 0) is 27.5 Å². The highest BCUT2D eigenvalue weighted by atomic mass is 16.6. The van der Waals surface area contributed by atoms with Crippen LogP contribution in [0.25, 0.3) is 0 Å². The molecule has 0 atom stereocenters. The molecule has 0 unspecified atom stereocenters. The predicted molar refractivity (Wildman–Crippen MR) is 141 cm³/mol. The zero-order valence-corrected chi connectivity index (χ0v) is 22.0. The van der Waals surface area contributed by atoms with Gasteiger partial charge in [0.05, 0.1) is 32.1 Å². The Morgan fingerprint density at radius 2 is 1.49 bits per heavy atom. The predicted octanol–water partition coefficient (Wildman–Crippen LogP) is 6.56. The zero-order chi connectivity index (χ0) is 25.3. The molecule has 0 saturated heterocycles. The molecule has 0 fully saturated rings. The molecule has 0 saturated carbocycles. The number of benzene rings is 2. The van der Waals surface area contributed by atoms with Gasteiger partial charge in [-0.15, -0.1) is 0 Å². The van der Waals surface area contributed by atoms with E-state index in [1.165, 1.54) is 12.7 Å². The van der Waals surface area contributed by atoms with Gasteiger partial charge >= 0.3 is 0 Å². The van der Waals surface area contributed by atoms with E-state index in [-0.39, 0.29) is 0 Å². The molecular weight excluding hydrogens is 442 g/mol. The zero-order valence-electron chi connectivity index (χ0n) is 22.0. The Labute approximate surface area is 210 Å². The molecule has 2 aromatic rings. The first-order chi connectivity index (χ1) is 17.0. The number of hydrogen-bond donors (Lipinski definition) is 0. The van der Waals surface area contributed by atoms with Gasteiger partial charge in [0.15, 0.2) is 0 Å². The van der Waals surface area contributed by atoms with Crippen molar-refractivity contribution in [2.75, 3.05) is 33.5 Å². The molecule has 0 heterocycles. The molecule has 2 aromatic carbocycles. The topological polar surface area (TPSA) is 58.5 Å². The first-order valence-corrected chi connectivity index (χ1v) is 12.3. The minimum atomic E-state index is 0.460. The summed E-state index contributed by atoms with van der Waals surface area (Å²) >= 11 is 0. The highest BCUT2D eigenvalue weighted by Gasteiger charge is 2.07. The maximum atomic E-state index is 6.05. The van der Waals surface area contributed by atoms with Crippen LogP contribution in [0.2, 0.25) is 0 Å². The highest BCUT2D eigenvalue weighted by Crippen LogP contribution is 2.28. The van der Waals surface area contributed by atoms with E-state index in [0.29, 0.717) is 33.0 Å². The number of aryl methyl sites for hydroxylation is 2. The van der Waals surface area contributed by atoms with Gasteiger partial charge in [0.2, 0.25) is 0 Å². The molecule has 0 radical (unpaired) electrons. The van der Waals surface area contributed by atoms with Crippen LogP contribution in [0.15, 0.2) is 53.7 Å². The quantitative estimate of drug-likeness (QED) is 0.110. The molecule has 0 amide bonds. The van der Waals surface area contributed by atoms with E-state index in [9.17, 15) is 0 Å². The van der Waals surface area contributed by atoms with Gasteiger partial charge in [0, 0.05) is 6.61 Å². The van der Waals surface area contributed by atoms with Crippen molar-refractivity contribution in [3.05, 3.63) is 70.8 Å². The maximum Gasteiger partial charge on any atom is 0.125 e. The lowest BCUT2D eigenvalue weighted by Gasteiger charge is -2.14. The van der Waals surface area contributed by atoms with E-state index in [2.05, 4.69) is 43.3 Å². The molecule has 6 heteroatoms. The van der Waals surface area contributed by atoms with E-state index in [4.69, 9.17) is 23.8 Å². The molecule has 0 N–H and O–H groups in total. The van der Waals surface area contributed by atoms with Crippen LogP contribution < -0.4 is 9.47 Å². The fourth-order valence-electron chi connectivity index (χ4n) is 3.54. The lowest BCUT2D eigenvalue weighted by Crippen LogP contribution is -2.05. The van der Waals surface area contributed by atoms with Crippen molar-refractivity contribution in [1.29, 1.82) is 0 Å². The fraction of sp³-hybridized carbons (Fsp3) is 0.483. The second-order valence-corrected chi connectivity index (χ2v) is 8.55. The van der Waals surface area contributed by atoms with E-state index >= 15 is 0 Å². The Morgan fingerprint density at radius 1 is 0.857 bits per heavy atom. The number of hydrogen-bond acceptors (Lipinski definition) is 6. The number of rotatable bonds is 17. The van der Waals surface area contributed by atoms with E-state index in [0.717, 1.165) is 59.8 Å². The summed E-state index contributed by atoms with van der Waals surface area (Å²) < 4.78 is 23.3. The number of nitrogens with zero attached hydrogens (tertiary/aromatic N) is 1. The smallest absolute Gasteiger partial charge is 0.125 e. The summed E-state index contributed by atoms with van der Waals surface area (Å²) in [6, 6.07) is 12.4. The Kier molecular flexibility index (Phi) is 13.6. The van der Waals surface area contributed by atoms with Crippen molar-refractivity contribution in [2.24, 2.45) is 5.16 Å². The van der Waals surface area contributed by atoms with Crippen LogP contribution in [0.3, 0.4) is 0 Å². The normalized spacial score (nSPS) is 11.7. The summed E-state index contributed by atoms with van der Waals surface area (Å²) in [7, 11) is 1.53. The van der Waals surface area contributed by atoms with Gasteiger partial charge in [-0.3, -0.25) is 0 Å². The van der Waals surface area contributed by atoms with Crippen LogP contribution in [-0.4, -0.2) is 39.2 Å². The molecule has 0 aliphatic carbocycles. The Bertz CT molecular complexity index is 898. The van der Waals surface area contributed by atoms with E-state index in [1.54, 1.807) is 0 Å². The molecule has 0 aromatic heterocycles. The molecule has 2 rings (SSSR count). The third-order valence-corrected chi connectivity index (χ3v) is 5.31.